The monoisotopic (exact) mass is 234 g/mol. The van der Waals surface area contributed by atoms with Gasteiger partial charge in [-0.3, -0.25) is 9.59 Å². The highest BCUT2D eigenvalue weighted by Gasteiger charge is 2.11. The van der Waals surface area contributed by atoms with Crippen LogP contribution in [0, 0.1) is 0 Å². The first-order valence-electron chi connectivity index (χ1n) is 5.11. The second-order valence-electron chi connectivity index (χ2n) is 3.34. The average Bonchev–Trinajstić information content (AvgIpc) is 2.28. The molecule has 5 nitrogen and oxygen atoms in total. The van der Waals surface area contributed by atoms with Gasteiger partial charge in [0.1, 0.15) is 5.75 Å². The van der Waals surface area contributed by atoms with Crippen molar-refractivity contribution in [1.82, 2.24) is 0 Å². The number of rotatable bonds is 5. The lowest BCUT2D eigenvalue weighted by Crippen LogP contribution is -2.15. The maximum atomic E-state index is 11.1. The molecule has 0 atom stereocenters. The van der Waals surface area contributed by atoms with Crippen LogP contribution in [0.5, 0.6) is 5.75 Å². The zero-order chi connectivity index (χ0) is 12.8. The van der Waals surface area contributed by atoms with E-state index in [1.807, 2.05) is 6.92 Å². The van der Waals surface area contributed by atoms with E-state index in [2.05, 4.69) is 0 Å². The Morgan fingerprint density at radius 3 is 2.53 bits per heavy atom. The van der Waals surface area contributed by atoms with E-state index in [0.29, 0.717) is 0 Å². The number of benzene rings is 1. The molecule has 0 unspecified atom stereocenters. The highest BCUT2D eigenvalue weighted by Crippen LogP contribution is 2.20. The number of allylic oxidation sites excluding steroid dienone is 1. The molecule has 1 aromatic carbocycles. The van der Waals surface area contributed by atoms with Crippen LogP contribution in [0.15, 0.2) is 30.5 Å². The van der Waals surface area contributed by atoms with Crippen LogP contribution in [-0.4, -0.2) is 11.8 Å². The molecular weight excluding hydrogens is 220 g/mol. The van der Waals surface area contributed by atoms with Gasteiger partial charge in [0.25, 0.3) is 5.91 Å². The number of amides is 2. The van der Waals surface area contributed by atoms with Gasteiger partial charge in [0, 0.05) is 5.56 Å². The third-order valence-electron chi connectivity index (χ3n) is 2.06. The zero-order valence-electron chi connectivity index (χ0n) is 9.47. The van der Waals surface area contributed by atoms with Gasteiger partial charge < -0.3 is 16.2 Å². The van der Waals surface area contributed by atoms with E-state index >= 15 is 0 Å². The summed E-state index contributed by atoms with van der Waals surface area (Å²) in [7, 11) is 0. The summed E-state index contributed by atoms with van der Waals surface area (Å²) in [6.07, 6.45) is 4.00. The van der Waals surface area contributed by atoms with Crippen LogP contribution in [0.1, 0.15) is 34.1 Å². The fraction of sp³-hybridized carbons (Fsp3) is 0.167. The van der Waals surface area contributed by atoms with Gasteiger partial charge in [-0.2, -0.15) is 0 Å². The molecule has 0 aliphatic heterocycles. The first kappa shape index (κ1) is 12.8. The van der Waals surface area contributed by atoms with E-state index in [-0.39, 0.29) is 16.9 Å². The fourth-order valence-electron chi connectivity index (χ4n) is 1.19. The number of ether oxygens (including phenoxy) is 1. The van der Waals surface area contributed by atoms with Crippen LogP contribution < -0.4 is 16.2 Å². The molecule has 1 rings (SSSR count). The first-order chi connectivity index (χ1) is 8.06. The van der Waals surface area contributed by atoms with Crippen LogP contribution in [0.4, 0.5) is 0 Å². The standard InChI is InChI=1S/C12H14N2O3/c1-2-3-6-17-10-7-8(11(13)15)4-5-9(10)12(14)16/h3-7H,2H2,1H3,(H2,13,15)(H2,14,16). The number of carbonyl (C=O) groups excluding carboxylic acids is 2. The Kier molecular flexibility index (Phi) is 4.28. The molecule has 5 heteroatoms. The van der Waals surface area contributed by atoms with Crippen molar-refractivity contribution in [3.8, 4) is 5.75 Å². The molecule has 0 bridgehead atoms. The summed E-state index contributed by atoms with van der Waals surface area (Å²) < 4.78 is 5.24. The highest BCUT2D eigenvalue weighted by atomic mass is 16.5. The summed E-state index contributed by atoms with van der Waals surface area (Å²) in [6, 6.07) is 4.23. The quantitative estimate of drug-likeness (QED) is 0.749. The molecule has 90 valence electrons. The molecular formula is C12H14N2O3. The van der Waals surface area contributed by atoms with Crippen LogP contribution in [0.2, 0.25) is 0 Å². The third kappa shape index (κ3) is 3.34. The smallest absolute Gasteiger partial charge is 0.252 e. The van der Waals surface area contributed by atoms with E-state index in [9.17, 15) is 9.59 Å². The minimum Gasteiger partial charge on any atom is -0.464 e. The maximum Gasteiger partial charge on any atom is 0.252 e. The Morgan fingerprint density at radius 1 is 1.29 bits per heavy atom. The van der Waals surface area contributed by atoms with E-state index < -0.39 is 11.8 Å². The summed E-state index contributed by atoms with van der Waals surface area (Å²) in [5.74, 6) is -0.996. The van der Waals surface area contributed by atoms with Gasteiger partial charge in [-0.05, 0) is 30.7 Å². The number of primary amides is 2. The normalized spacial score (nSPS) is 10.4. The number of carbonyl (C=O) groups is 2. The summed E-state index contributed by atoms with van der Waals surface area (Å²) in [5, 5.41) is 0. The third-order valence-corrected chi connectivity index (χ3v) is 2.06. The Balaban J connectivity index is 3.11. The van der Waals surface area contributed by atoms with Crippen molar-refractivity contribution in [2.75, 3.05) is 0 Å². The molecule has 0 fully saturated rings. The van der Waals surface area contributed by atoms with E-state index in [4.69, 9.17) is 16.2 Å². The van der Waals surface area contributed by atoms with Crippen molar-refractivity contribution in [1.29, 1.82) is 0 Å². The summed E-state index contributed by atoms with van der Waals surface area (Å²) >= 11 is 0. The summed E-state index contributed by atoms with van der Waals surface area (Å²) in [5.41, 5.74) is 10.8. The van der Waals surface area contributed by atoms with Crippen molar-refractivity contribution >= 4 is 11.8 Å². The molecule has 0 heterocycles. The average molecular weight is 234 g/mol. The fourth-order valence-corrected chi connectivity index (χ4v) is 1.19. The van der Waals surface area contributed by atoms with E-state index in [1.165, 1.54) is 24.5 Å². The highest BCUT2D eigenvalue weighted by molar-refractivity contribution is 5.99. The SMILES string of the molecule is CCC=COc1cc(C(N)=O)ccc1C(N)=O. The lowest BCUT2D eigenvalue weighted by atomic mass is 10.1. The van der Waals surface area contributed by atoms with Gasteiger partial charge in [0.2, 0.25) is 5.91 Å². The van der Waals surface area contributed by atoms with Gasteiger partial charge in [-0.15, -0.1) is 0 Å². The summed E-state index contributed by atoms with van der Waals surface area (Å²) in [6.45, 7) is 1.94. The molecule has 0 aliphatic rings. The van der Waals surface area contributed by atoms with Gasteiger partial charge in [0.15, 0.2) is 0 Å². The second-order valence-corrected chi connectivity index (χ2v) is 3.34. The molecule has 0 radical (unpaired) electrons. The molecule has 4 N–H and O–H groups in total. The van der Waals surface area contributed by atoms with Crippen LogP contribution in [0.3, 0.4) is 0 Å². The van der Waals surface area contributed by atoms with Gasteiger partial charge in [-0.1, -0.05) is 6.92 Å². The van der Waals surface area contributed by atoms with Crippen molar-refractivity contribution in [2.24, 2.45) is 11.5 Å². The molecule has 1 aromatic rings. The summed E-state index contributed by atoms with van der Waals surface area (Å²) in [4.78, 5) is 22.1. The Hall–Kier alpha value is -2.30. The minimum atomic E-state index is -0.624. The largest absolute Gasteiger partial charge is 0.464 e. The molecule has 0 aromatic heterocycles. The van der Waals surface area contributed by atoms with Crippen molar-refractivity contribution < 1.29 is 14.3 Å². The van der Waals surface area contributed by atoms with Gasteiger partial charge in [-0.25, -0.2) is 0 Å². The number of hydrogen-bond donors (Lipinski definition) is 2. The van der Waals surface area contributed by atoms with Crippen LogP contribution in [-0.2, 0) is 0 Å². The van der Waals surface area contributed by atoms with Gasteiger partial charge in [0.05, 0.1) is 11.8 Å². The van der Waals surface area contributed by atoms with E-state index in [0.717, 1.165) is 6.42 Å². The van der Waals surface area contributed by atoms with Crippen molar-refractivity contribution in [2.45, 2.75) is 13.3 Å². The maximum absolute atomic E-state index is 11.1. The molecule has 0 saturated heterocycles. The molecule has 2 amide bonds. The van der Waals surface area contributed by atoms with E-state index in [1.54, 1.807) is 6.08 Å². The Bertz CT molecular complexity index is 467. The molecule has 17 heavy (non-hydrogen) atoms. The minimum absolute atomic E-state index is 0.204. The predicted octanol–water partition coefficient (Wildman–Crippen LogP) is 1.19. The lowest BCUT2D eigenvalue weighted by molar-refractivity contribution is 0.0986. The van der Waals surface area contributed by atoms with Crippen LogP contribution in [0.25, 0.3) is 0 Å². The number of nitrogens with two attached hydrogens (primary N) is 2. The topological polar surface area (TPSA) is 95.4 Å². The first-order valence-corrected chi connectivity index (χ1v) is 5.11. The van der Waals surface area contributed by atoms with Crippen molar-refractivity contribution in [3.05, 3.63) is 41.7 Å². The molecule has 0 aliphatic carbocycles. The second kappa shape index (κ2) is 5.69. The molecule has 0 spiro atoms. The van der Waals surface area contributed by atoms with Crippen molar-refractivity contribution in [3.63, 3.8) is 0 Å². The Labute approximate surface area is 99.0 Å². The number of hydrogen-bond acceptors (Lipinski definition) is 3. The Morgan fingerprint density at radius 2 is 2.00 bits per heavy atom. The van der Waals surface area contributed by atoms with Gasteiger partial charge >= 0.3 is 0 Å². The van der Waals surface area contributed by atoms with Crippen LogP contribution >= 0.6 is 0 Å². The zero-order valence-corrected chi connectivity index (χ0v) is 9.47. The lowest BCUT2D eigenvalue weighted by Gasteiger charge is -2.06. The molecule has 0 saturated carbocycles. The predicted molar refractivity (Wildman–Crippen MR) is 63.5 cm³/mol.